The molecule has 0 aliphatic heterocycles. The van der Waals surface area contributed by atoms with Gasteiger partial charge in [-0.15, -0.1) is 0 Å². The molecular weight excluding hydrogens is 502 g/mol. The smallest absolute Gasteiger partial charge is 0.364 e. The van der Waals surface area contributed by atoms with Crippen molar-refractivity contribution in [2.75, 3.05) is 13.2 Å². The van der Waals surface area contributed by atoms with Gasteiger partial charge < -0.3 is 9.47 Å². The standard InChI is InChI=1S/C30H36ClN3O4/c1-20-8-14-23(15-9-20)28-27(24-6-5-7-25(31)16-24)32-29(36)34(33-28)17-21-10-12-22(13-11-21)18-37-19-26(35)38-30(2,3)4/h5-9,14-16,21-22H,10-13,17-19H2,1-4H3. The third kappa shape index (κ3) is 7.74. The fourth-order valence-electron chi connectivity index (χ4n) is 4.78. The van der Waals surface area contributed by atoms with Crippen LogP contribution in [0.5, 0.6) is 0 Å². The number of hydrogen-bond acceptors (Lipinski definition) is 6. The lowest BCUT2D eigenvalue weighted by Gasteiger charge is -2.28. The molecule has 0 unspecified atom stereocenters. The zero-order chi connectivity index (χ0) is 27.3. The maximum Gasteiger partial charge on any atom is 0.364 e. The van der Waals surface area contributed by atoms with Crippen molar-refractivity contribution in [3.8, 4) is 22.5 Å². The third-order valence-electron chi connectivity index (χ3n) is 6.69. The number of ether oxygens (including phenoxy) is 2. The van der Waals surface area contributed by atoms with Gasteiger partial charge in [0.05, 0.1) is 6.61 Å². The molecule has 0 spiro atoms. The molecule has 8 heteroatoms. The Morgan fingerprint density at radius 3 is 2.34 bits per heavy atom. The summed E-state index contributed by atoms with van der Waals surface area (Å²) in [5, 5.41) is 5.39. The van der Waals surface area contributed by atoms with Crippen molar-refractivity contribution in [2.24, 2.45) is 11.8 Å². The van der Waals surface area contributed by atoms with Crippen molar-refractivity contribution < 1.29 is 14.3 Å². The number of carbonyl (C=O) groups excluding carboxylic acids is 1. The van der Waals surface area contributed by atoms with Crippen LogP contribution in [0.1, 0.15) is 52.0 Å². The van der Waals surface area contributed by atoms with Crippen LogP contribution >= 0.6 is 11.6 Å². The summed E-state index contributed by atoms with van der Waals surface area (Å²) in [6, 6.07) is 15.4. The quantitative estimate of drug-likeness (QED) is 0.323. The first-order valence-corrected chi connectivity index (χ1v) is 13.6. The predicted octanol–water partition coefficient (Wildman–Crippen LogP) is 6.10. The second-order valence-electron chi connectivity index (χ2n) is 11.1. The minimum Gasteiger partial charge on any atom is -0.458 e. The zero-order valence-corrected chi connectivity index (χ0v) is 23.3. The van der Waals surface area contributed by atoms with Gasteiger partial charge in [0.1, 0.15) is 23.6 Å². The van der Waals surface area contributed by atoms with Crippen molar-refractivity contribution >= 4 is 17.6 Å². The lowest BCUT2D eigenvalue weighted by Crippen LogP contribution is -2.32. The maximum atomic E-state index is 13.1. The number of benzene rings is 2. The van der Waals surface area contributed by atoms with E-state index in [1.165, 1.54) is 4.68 Å². The van der Waals surface area contributed by atoms with Crippen molar-refractivity contribution in [2.45, 2.75) is 65.5 Å². The highest BCUT2D eigenvalue weighted by atomic mass is 35.5. The second kappa shape index (κ2) is 12.2. The molecule has 7 nitrogen and oxygen atoms in total. The third-order valence-corrected chi connectivity index (χ3v) is 6.92. The molecule has 1 saturated carbocycles. The highest BCUT2D eigenvalue weighted by molar-refractivity contribution is 6.30. The van der Waals surface area contributed by atoms with Crippen LogP contribution < -0.4 is 5.69 Å². The van der Waals surface area contributed by atoms with E-state index in [1.54, 1.807) is 12.1 Å². The Kier molecular flexibility index (Phi) is 9.00. The Bertz CT molecular complexity index is 1310. The van der Waals surface area contributed by atoms with Gasteiger partial charge in [-0.1, -0.05) is 53.6 Å². The average Bonchev–Trinajstić information content (AvgIpc) is 2.85. The van der Waals surface area contributed by atoms with Crippen LogP contribution in [0.25, 0.3) is 22.5 Å². The Labute approximate surface area is 229 Å². The topological polar surface area (TPSA) is 83.3 Å². The molecule has 1 aliphatic rings. The molecular formula is C30H36ClN3O4. The molecule has 1 heterocycles. The van der Waals surface area contributed by atoms with E-state index in [2.05, 4.69) is 4.98 Å². The van der Waals surface area contributed by atoms with E-state index in [4.69, 9.17) is 26.2 Å². The molecule has 2 aromatic carbocycles. The van der Waals surface area contributed by atoms with Crippen LogP contribution in [0.4, 0.5) is 0 Å². The van der Waals surface area contributed by atoms with Gasteiger partial charge in [-0.05, 0) is 77.3 Å². The van der Waals surface area contributed by atoms with E-state index in [-0.39, 0.29) is 18.3 Å². The highest BCUT2D eigenvalue weighted by Gasteiger charge is 2.24. The van der Waals surface area contributed by atoms with Gasteiger partial charge in [0.15, 0.2) is 0 Å². The summed E-state index contributed by atoms with van der Waals surface area (Å²) < 4.78 is 12.4. The first-order chi connectivity index (χ1) is 18.1. The van der Waals surface area contributed by atoms with Gasteiger partial charge >= 0.3 is 11.7 Å². The van der Waals surface area contributed by atoms with Gasteiger partial charge in [0.2, 0.25) is 0 Å². The fourth-order valence-corrected chi connectivity index (χ4v) is 4.97. The van der Waals surface area contributed by atoms with E-state index < -0.39 is 5.60 Å². The van der Waals surface area contributed by atoms with Gasteiger partial charge in [0, 0.05) is 22.7 Å². The van der Waals surface area contributed by atoms with Crippen LogP contribution in [0, 0.1) is 18.8 Å². The zero-order valence-electron chi connectivity index (χ0n) is 22.6. The summed E-state index contributed by atoms with van der Waals surface area (Å²) in [6.45, 7) is 8.60. The van der Waals surface area contributed by atoms with E-state index in [1.807, 2.05) is 64.1 Å². The minimum absolute atomic E-state index is 0.0249. The Balaban J connectivity index is 1.43. The molecule has 38 heavy (non-hydrogen) atoms. The molecule has 0 bridgehead atoms. The molecule has 1 fully saturated rings. The predicted molar refractivity (Wildman–Crippen MR) is 149 cm³/mol. The summed E-state index contributed by atoms with van der Waals surface area (Å²) >= 11 is 6.23. The number of carbonyl (C=O) groups is 1. The summed E-state index contributed by atoms with van der Waals surface area (Å²) in [5.41, 5.74) is 3.13. The molecule has 0 saturated heterocycles. The second-order valence-corrected chi connectivity index (χ2v) is 11.6. The van der Waals surface area contributed by atoms with E-state index >= 15 is 0 Å². The number of rotatable bonds is 8. The molecule has 0 N–H and O–H groups in total. The molecule has 0 amide bonds. The Morgan fingerprint density at radius 1 is 1.00 bits per heavy atom. The van der Waals surface area contributed by atoms with Crippen LogP contribution in [0.15, 0.2) is 53.3 Å². The number of aryl methyl sites for hydroxylation is 1. The van der Waals surface area contributed by atoms with Crippen LogP contribution in [0.2, 0.25) is 5.02 Å². The van der Waals surface area contributed by atoms with Crippen molar-refractivity contribution in [3.63, 3.8) is 0 Å². The Hall–Kier alpha value is -3.03. The normalized spacial score (nSPS) is 17.8. The number of nitrogens with zero attached hydrogens (tertiary/aromatic N) is 3. The minimum atomic E-state index is -0.509. The van der Waals surface area contributed by atoms with Crippen LogP contribution in [-0.2, 0) is 20.8 Å². The van der Waals surface area contributed by atoms with Crippen molar-refractivity contribution in [3.05, 3.63) is 69.6 Å². The number of aromatic nitrogens is 3. The SMILES string of the molecule is Cc1ccc(-c2nn(CC3CCC(COCC(=O)OC(C)(C)C)CC3)c(=O)nc2-c2cccc(Cl)c2)cc1. The van der Waals surface area contributed by atoms with E-state index in [0.717, 1.165) is 42.4 Å². The molecule has 1 aliphatic carbocycles. The number of halogens is 1. The highest BCUT2D eigenvalue weighted by Crippen LogP contribution is 2.32. The molecule has 4 rings (SSSR count). The van der Waals surface area contributed by atoms with Crippen molar-refractivity contribution in [1.29, 1.82) is 0 Å². The molecule has 0 atom stereocenters. The molecule has 202 valence electrons. The Morgan fingerprint density at radius 2 is 1.68 bits per heavy atom. The maximum absolute atomic E-state index is 13.1. The molecule has 3 aromatic rings. The van der Waals surface area contributed by atoms with Gasteiger partial charge in [-0.2, -0.15) is 10.1 Å². The lowest BCUT2D eigenvalue weighted by atomic mass is 9.82. The van der Waals surface area contributed by atoms with E-state index in [0.29, 0.717) is 41.4 Å². The number of hydrogen-bond donors (Lipinski definition) is 0. The summed E-state index contributed by atoms with van der Waals surface area (Å²) in [4.78, 5) is 29.4. The van der Waals surface area contributed by atoms with Crippen LogP contribution in [-0.4, -0.2) is 39.5 Å². The first-order valence-electron chi connectivity index (χ1n) is 13.2. The summed E-state index contributed by atoms with van der Waals surface area (Å²) in [6.07, 6.45) is 3.88. The average molecular weight is 538 g/mol. The monoisotopic (exact) mass is 537 g/mol. The summed E-state index contributed by atoms with van der Waals surface area (Å²) in [5.74, 6) is 0.381. The molecule has 1 aromatic heterocycles. The fraction of sp³-hybridized carbons (Fsp3) is 0.467. The van der Waals surface area contributed by atoms with Gasteiger partial charge in [-0.3, -0.25) is 0 Å². The van der Waals surface area contributed by atoms with Gasteiger partial charge in [-0.25, -0.2) is 14.3 Å². The first kappa shape index (κ1) is 28.0. The van der Waals surface area contributed by atoms with E-state index in [9.17, 15) is 9.59 Å². The molecule has 0 radical (unpaired) electrons. The largest absolute Gasteiger partial charge is 0.458 e. The van der Waals surface area contributed by atoms with Crippen LogP contribution in [0.3, 0.4) is 0 Å². The van der Waals surface area contributed by atoms with Gasteiger partial charge in [0.25, 0.3) is 0 Å². The lowest BCUT2D eigenvalue weighted by molar-refractivity contribution is -0.160. The number of esters is 1. The summed E-state index contributed by atoms with van der Waals surface area (Å²) in [7, 11) is 0. The van der Waals surface area contributed by atoms with Crippen molar-refractivity contribution in [1.82, 2.24) is 14.8 Å².